The van der Waals surface area contributed by atoms with Crippen molar-refractivity contribution in [1.29, 1.82) is 0 Å². The Labute approximate surface area is 190 Å². The van der Waals surface area contributed by atoms with E-state index in [-0.39, 0.29) is 0 Å². The van der Waals surface area contributed by atoms with Crippen molar-refractivity contribution < 1.29 is 23.9 Å². The lowest BCUT2D eigenvalue weighted by Gasteiger charge is -2.07. The summed E-state index contributed by atoms with van der Waals surface area (Å²) in [5, 5.41) is 3.18. The molecule has 0 aliphatic heterocycles. The lowest BCUT2D eigenvalue weighted by Crippen LogP contribution is -2.21. The van der Waals surface area contributed by atoms with Gasteiger partial charge in [0.05, 0.1) is 12.7 Å². The van der Waals surface area contributed by atoms with Gasteiger partial charge in [-0.05, 0) is 61.3 Å². The first-order valence-electron chi connectivity index (χ1n) is 10.0. The van der Waals surface area contributed by atoms with Crippen LogP contribution in [0.4, 0.5) is 5.00 Å². The number of esters is 2. The number of anilines is 1. The summed E-state index contributed by atoms with van der Waals surface area (Å²) in [6, 6.07) is 7.73. The fourth-order valence-corrected chi connectivity index (χ4v) is 5.08. The van der Waals surface area contributed by atoms with Gasteiger partial charge in [0.25, 0.3) is 5.91 Å². The van der Waals surface area contributed by atoms with Crippen molar-refractivity contribution in [1.82, 2.24) is 0 Å². The molecule has 0 saturated heterocycles. The van der Waals surface area contributed by atoms with Gasteiger partial charge in [-0.1, -0.05) is 18.6 Å². The Balaban J connectivity index is 1.59. The number of methoxy groups -OCH3 is 1. The zero-order valence-electron chi connectivity index (χ0n) is 17.6. The number of fused-ring (bicyclic) bond motifs is 1. The number of amides is 1. The number of benzene rings is 1. The van der Waals surface area contributed by atoms with Crippen molar-refractivity contribution in [3.8, 4) is 0 Å². The maximum Gasteiger partial charge on any atom is 0.341 e. The van der Waals surface area contributed by atoms with Gasteiger partial charge in [-0.2, -0.15) is 0 Å². The Hall–Kier alpha value is -2.58. The lowest BCUT2D eigenvalue weighted by molar-refractivity contribution is -0.142. The van der Waals surface area contributed by atoms with E-state index in [1.54, 1.807) is 17.8 Å². The maximum absolute atomic E-state index is 12.3. The highest BCUT2D eigenvalue weighted by molar-refractivity contribution is 7.98. The third-order valence-corrected chi connectivity index (χ3v) is 6.89. The quantitative estimate of drug-likeness (QED) is 0.279. The summed E-state index contributed by atoms with van der Waals surface area (Å²) in [6.45, 7) is -0.433. The SMILES string of the molecule is COC(=O)c1c(NC(=O)COC(=O)C=Cc2ccc(SC)cc2)sc2c1CCCCC2. The third-order valence-electron chi connectivity index (χ3n) is 4.94. The molecule has 2 aromatic rings. The standard InChI is InChI=1S/C23H25NO5S2/c1-28-23(27)21-17-6-4-3-5-7-18(17)31-22(21)24-19(25)14-29-20(26)13-10-15-8-11-16(30-2)12-9-15/h8-13H,3-7,14H2,1-2H3,(H,24,25). The summed E-state index contributed by atoms with van der Waals surface area (Å²) < 4.78 is 9.97. The molecule has 1 amide bonds. The summed E-state index contributed by atoms with van der Waals surface area (Å²) in [5.41, 5.74) is 2.26. The summed E-state index contributed by atoms with van der Waals surface area (Å²) in [5.74, 6) is -1.56. The molecule has 1 heterocycles. The first-order chi connectivity index (χ1) is 15.0. The molecule has 3 rings (SSSR count). The zero-order chi connectivity index (χ0) is 22.2. The van der Waals surface area contributed by atoms with Crippen LogP contribution in [0.25, 0.3) is 6.08 Å². The van der Waals surface area contributed by atoms with Crippen LogP contribution in [0.15, 0.2) is 35.2 Å². The fourth-order valence-electron chi connectivity index (χ4n) is 3.38. The lowest BCUT2D eigenvalue weighted by atomic mass is 10.1. The molecule has 1 aliphatic carbocycles. The highest BCUT2D eigenvalue weighted by Crippen LogP contribution is 2.37. The van der Waals surface area contributed by atoms with Crippen molar-refractivity contribution in [2.75, 3.05) is 25.3 Å². The van der Waals surface area contributed by atoms with Crippen LogP contribution in [0.2, 0.25) is 0 Å². The van der Waals surface area contributed by atoms with Crippen LogP contribution in [0.3, 0.4) is 0 Å². The smallest absolute Gasteiger partial charge is 0.341 e. The molecule has 1 aromatic heterocycles. The number of nitrogens with one attached hydrogen (secondary N) is 1. The number of carbonyl (C=O) groups excluding carboxylic acids is 3. The summed E-state index contributed by atoms with van der Waals surface area (Å²) >= 11 is 3.04. The van der Waals surface area contributed by atoms with E-state index in [4.69, 9.17) is 9.47 Å². The Morgan fingerprint density at radius 1 is 1.13 bits per heavy atom. The van der Waals surface area contributed by atoms with Gasteiger partial charge in [0.2, 0.25) is 0 Å². The Morgan fingerprint density at radius 2 is 1.87 bits per heavy atom. The molecule has 0 radical (unpaired) electrons. The molecule has 164 valence electrons. The fraction of sp³-hybridized carbons (Fsp3) is 0.348. The van der Waals surface area contributed by atoms with E-state index in [0.29, 0.717) is 10.6 Å². The van der Waals surface area contributed by atoms with Crippen LogP contribution in [0, 0.1) is 0 Å². The molecule has 0 unspecified atom stereocenters. The molecular weight excluding hydrogens is 434 g/mol. The predicted octanol–water partition coefficient (Wildman–Crippen LogP) is 4.72. The van der Waals surface area contributed by atoms with Crippen LogP contribution < -0.4 is 5.32 Å². The van der Waals surface area contributed by atoms with Crippen molar-refractivity contribution >= 4 is 52.0 Å². The molecule has 31 heavy (non-hydrogen) atoms. The van der Waals surface area contributed by atoms with E-state index in [2.05, 4.69) is 5.32 Å². The van der Waals surface area contributed by atoms with Crippen LogP contribution in [0.1, 0.15) is 45.6 Å². The molecule has 1 aromatic carbocycles. The molecule has 0 saturated carbocycles. The van der Waals surface area contributed by atoms with Crippen LogP contribution in [-0.4, -0.2) is 37.8 Å². The average molecular weight is 460 g/mol. The highest BCUT2D eigenvalue weighted by Gasteiger charge is 2.26. The normalized spacial score (nSPS) is 13.4. The van der Waals surface area contributed by atoms with Crippen molar-refractivity contribution in [3.63, 3.8) is 0 Å². The van der Waals surface area contributed by atoms with Gasteiger partial charge in [0.15, 0.2) is 6.61 Å². The monoisotopic (exact) mass is 459 g/mol. The van der Waals surface area contributed by atoms with Gasteiger partial charge < -0.3 is 14.8 Å². The topological polar surface area (TPSA) is 81.7 Å². The van der Waals surface area contributed by atoms with Gasteiger partial charge in [0.1, 0.15) is 5.00 Å². The molecule has 0 bridgehead atoms. The Morgan fingerprint density at radius 3 is 2.58 bits per heavy atom. The predicted molar refractivity (Wildman–Crippen MR) is 124 cm³/mol. The summed E-state index contributed by atoms with van der Waals surface area (Å²) in [7, 11) is 1.33. The summed E-state index contributed by atoms with van der Waals surface area (Å²) in [4.78, 5) is 38.9. The number of carbonyl (C=O) groups is 3. The zero-order valence-corrected chi connectivity index (χ0v) is 19.2. The highest BCUT2D eigenvalue weighted by atomic mass is 32.2. The molecular formula is C23H25NO5S2. The van der Waals surface area contributed by atoms with E-state index >= 15 is 0 Å². The molecule has 8 heteroatoms. The van der Waals surface area contributed by atoms with Crippen LogP contribution in [0.5, 0.6) is 0 Å². The molecule has 1 aliphatic rings. The van der Waals surface area contributed by atoms with Gasteiger partial charge in [0, 0.05) is 15.8 Å². The van der Waals surface area contributed by atoms with Crippen LogP contribution >= 0.6 is 23.1 Å². The number of ether oxygens (including phenoxy) is 2. The molecule has 0 spiro atoms. The third kappa shape index (κ3) is 6.21. The number of thioether (sulfide) groups is 1. The van der Waals surface area contributed by atoms with Gasteiger partial charge in [-0.15, -0.1) is 23.1 Å². The van der Waals surface area contributed by atoms with Crippen LogP contribution in [-0.2, 0) is 31.9 Å². The average Bonchev–Trinajstić information content (AvgIpc) is 2.96. The van der Waals surface area contributed by atoms with Gasteiger partial charge in [-0.3, -0.25) is 4.79 Å². The second-order valence-electron chi connectivity index (χ2n) is 7.02. The number of rotatable bonds is 7. The number of aryl methyl sites for hydroxylation is 1. The van der Waals surface area contributed by atoms with Gasteiger partial charge in [-0.25, -0.2) is 9.59 Å². The molecule has 6 nitrogen and oxygen atoms in total. The first kappa shape index (κ1) is 23.1. The van der Waals surface area contributed by atoms with E-state index < -0.39 is 24.5 Å². The Bertz CT molecular complexity index is 979. The number of thiophene rings is 1. The number of hydrogen-bond donors (Lipinski definition) is 1. The van der Waals surface area contributed by atoms with Crippen molar-refractivity contribution in [3.05, 3.63) is 51.9 Å². The minimum Gasteiger partial charge on any atom is -0.465 e. The second-order valence-corrected chi connectivity index (χ2v) is 9.01. The number of hydrogen-bond acceptors (Lipinski definition) is 7. The second kappa shape index (κ2) is 11.2. The minimum atomic E-state index is -0.612. The van der Waals surface area contributed by atoms with E-state index in [1.807, 2.05) is 30.5 Å². The van der Waals surface area contributed by atoms with E-state index in [0.717, 1.165) is 53.0 Å². The maximum atomic E-state index is 12.3. The van der Waals surface area contributed by atoms with E-state index in [1.165, 1.54) is 24.5 Å². The van der Waals surface area contributed by atoms with E-state index in [9.17, 15) is 14.4 Å². The molecule has 0 atom stereocenters. The van der Waals surface area contributed by atoms with Crippen molar-refractivity contribution in [2.45, 2.75) is 37.0 Å². The first-order valence-corrected chi connectivity index (χ1v) is 12.1. The molecule has 1 N–H and O–H groups in total. The van der Waals surface area contributed by atoms with Crippen molar-refractivity contribution in [2.24, 2.45) is 0 Å². The molecule has 0 fully saturated rings. The summed E-state index contributed by atoms with van der Waals surface area (Å²) in [6.07, 6.45) is 9.78. The Kier molecular flexibility index (Phi) is 8.31. The largest absolute Gasteiger partial charge is 0.465 e. The minimum absolute atomic E-state index is 0.428. The van der Waals surface area contributed by atoms with Gasteiger partial charge >= 0.3 is 11.9 Å².